The van der Waals surface area contributed by atoms with Gasteiger partial charge in [-0.15, -0.1) is 0 Å². The highest BCUT2D eigenvalue weighted by molar-refractivity contribution is 5.75. The van der Waals surface area contributed by atoms with E-state index in [1.165, 1.54) is 7.11 Å². The van der Waals surface area contributed by atoms with Crippen molar-refractivity contribution in [2.45, 2.75) is 25.7 Å². The topological polar surface area (TPSA) is 62.1 Å². The molecule has 0 aliphatic heterocycles. The van der Waals surface area contributed by atoms with Gasteiger partial charge in [-0.05, 0) is 30.0 Å². The van der Waals surface area contributed by atoms with E-state index in [1.54, 1.807) is 6.07 Å². The van der Waals surface area contributed by atoms with E-state index in [0.29, 0.717) is 12.0 Å². The number of hydrogen-bond acceptors (Lipinski definition) is 3. The predicted molar refractivity (Wildman–Crippen MR) is 64.0 cm³/mol. The summed E-state index contributed by atoms with van der Waals surface area (Å²) in [7, 11) is 1.41. The van der Waals surface area contributed by atoms with Crippen molar-refractivity contribution in [3.8, 4) is 6.07 Å². The van der Waals surface area contributed by atoms with Crippen LogP contribution in [0.3, 0.4) is 0 Å². The summed E-state index contributed by atoms with van der Waals surface area (Å²) in [6.45, 7) is 2.02. The van der Waals surface area contributed by atoms with Crippen molar-refractivity contribution in [1.82, 2.24) is 5.48 Å². The van der Waals surface area contributed by atoms with E-state index in [2.05, 4.69) is 16.4 Å². The summed E-state index contributed by atoms with van der Waals surface area (Å²) in [6, 6.07) is 9.46. The summed E-state index contributed by atoms with van der Waals surface area (Å²) in [5.74, 6) is -0.0415. The van der Waals surface area contributed by atoms with Crippen LogP contribution < -0.4 is 5.48 Å². The Morgan fingerprint density at radius 2 is 2.35 bits per heavy atom. The monoisotopic (exact) mass is 232 g/mol. The summed E-state index contributed by atoms with van der Waals surface area (Å²) >= 11 is 0. The van der Waals surface area contributed by atoms with Crippen molar-refractivity contribution < 1.29 is 9.63 Å². The zero-order chi connectivity index (χ0) is 12.7. The SMILES string of the molecule is CCC(CC(=O)NOC)c1cccc(C#N)c1. The van der Waals surface area contributed by atoms with Gasteiger partial charge in [0.15, 0.2) is 0 Å². The number of rotatable bonds is 5. The number of amides is 1. The van der Waals surface area contributed by atoms with Gasteiger partial charge in [-0.25, -0.2) is 5.48 Å². The minimum Gasteiger partial charge on any atom is -0.277 e. The van der Waals surface area contributed by atoms with Crippen LogP contribution in [0.2, 0.25) is 0 Å². The molecule has 0 spiro atoms. The van der Waals surface area contributed by atoms with Crippen molar-refractivity contribution >= 4 is 5.91 Å². The van der Waals surface area contributed by atoms with Gasteiger partial charge in [0.05, 0.1) is 18.7 Å². The van der Waals surface area contributed by atoms with Crippen LogP contribution in [0.1, 0.15) is 36.8 Å². The molecule has 0 aromatic heterocycles. The molecule has 4 heteroatoms. The third kappa shape index (κ3) is 3.89. The van der Waals surface area contributed by atoms with E-state index in [0.717, 1.165) is 12.0 Å². The Labute approximate surface area is 101 Å². The molecular formula is C13H16N2O2. The molecule has 1 unspecified atom stereocenters. The van der Waals surface area contributed by atoms with Crippen LogP contribution >= 0.6 is 0 Å². The van der Waals surface area contributed by atoms with Crippen LogP contribution in [0.15, 0.2) is 24.3 Å². The highest BCUT2D eigenvalue weighted by Gasteiger charge is 2.14. The number of carbonyl (C=O) groups is 1. The summed E-state index contributed by atoms with van der Waals surface area (Å²) < 4.78 is 0. The van der Waals surface area contributed by atoms with Crippen LogP contribution in [0, 0.1) is 11.3 Å². The number of nitriles is 1. The van der Waals surface area contributed by atoms with E-state index in [1.807, 2.05) is 25.1 Å². The summed E-state index contributed by atoms with van der Waals surface area (Å²) in [6.07, 6.45) is 1.20. The van der Waals surface area contributed by atoms with Crippen molar-refractivity contribution in [1.29, 1.82) is 5.26 Å². The smallest absolute Gasteiger partial charge is 0.244 e. The summed E-state index contributed by atoms with van der Waals surface area (Å²) in [5.41, 5.74) is 3.94. The molecule has 4 nitrogen and oxygen atoms in total. The van der Waals surface area contributed by atoms with Crippen molar-refractivity contribution in [3.63, 3.8) is 0 Å². The number of nitrogens with zero attached hydrogens (tertiary/aromatic N) is 1. The van der Waals surface area contributed by atoms with Gasteiger partial charge >= 0.3 is 0 Å². The lowest BCUT2D eigenvalue weighted by molar-refractivity contribution is -0.131. The molecule has 1 aromatic rings. The summed E-state index contributed by atoms with van der Waals surface area (Å²) in [5, 5.41) is 8.83. The average Bonchev–Trinajstić information content (AvgIpc) is 2.36. The molecule has 90 valence electrons. The molecule has 1 amide bonds. The molecule has 1 rings (SSSR count). The normalized spacial score (nSPS) is 11.6. The Morgan fingerprint density at radius 1 is 1.59 bits per heavy atom. The highest BCUT2D eigenvalue weighted by Crippen LogP contribution is 2.23. The molecule has 1 aromatic carbocycles. The third-order valence-corrected chi connectivity index (χ3v) is 2.63. The van der Waals surface area contributed by atoms with Gasteiger partial charge in [0.1, 0.15) is 0 Å². The molecule has 0 bridgehead atoms. The highest BCUT2D eigenvalue weighted by atomic mass is 16.6. The van der Waals surface area contributed by atoms with Gasteiger partial charge < -0.3 is 0 Å². The first-order valence-electron chi connectivity index (χ1n) is 5.53. The van der Waals surface area contributed by atoms with Crippen LogP contribution in [0.25, 0.3) is 0 Å². The predicted octanol–water partition coefficient (Wildman–Crippen LogP) is 2.12. The largest absolute Gasteiger partial charge is 0.277 e. The Balaban J connectivity index is 2.79. The molecule has 0 radical (unpaired) electrons. The number of benzene rings is 1. The number of hydroxylamine groups is 1. The van der Waals surface area contributed by atoms with Gasteiger partial charge in [-0.3, -0.25) is 9.63 Å². The van der Waals surface area contributed by atoms with Crippen LogP contribution in [0.4, 0.5) is 0 Å². The first-order valence-corrected chi connectivity index (χ1v) is 5.53. The second kappa shape index (κ2) is 6.66. The Morgan fingerprint density at radius 3 is 2.94 bits per heavy atom. The number of nitrogens with one attached hydrogen (secondary N) is 1. The Kier molecular flexibility index (Phi) is 5.18. The lowest BCUT2D eigenvalue weighted by atomic mass is 9.92. The number of carbonyl (C=O) groups excluding carboxylic acids is 1. The quantitative estimate of drug-likeness (QED) is 0.791. The van der Waals surface area contributed by atoms with Gasteiger partial charge in [-0.1, -0.05) is 19.1 Å². The number of hydrogen-bond donors (Lipinski definition) is 1. The molecule has 1 N–H and O–H groups in total. The van der Waals surface area contributed by atoms with E-state index < -0.39 is 0 Å². The molecular weight excluding hydrogens is 216 g/mol. The van der Waals surface area contributed by atoms with Crippen LogP contribution in [-0.2, 0) is 9.63 Å². The van der Waals surface area contributed by atoms with Crippen molar-refractivity contribution in [2.75, 3.05) is 7.11 Å². The molecule has 0 saturated heterocycles. The molecule has 1 atom stereocenters. The van der Waals surface area contributed by atoms with Crippen molar-refractivity contribution in [2.24, 2.45) is 0 Å². The fraction of sp³-hybridized carbons (Fsp3) is 0.385. The second-order valence-electron chi connectivity index (χ2n) is 3.78. The van der Waals surface area contributed by atoms with E-state index in [4.69, 9.17) is 5.26 Å². The fourth-order valence-electron chi connectivity index (χ4n) is 1.74. The Bertz CT molecular complexity index is 424. The van der Waals surface area contributed by atoms with Crippen LogP contribution in [0.5, 0.6) is 0 Å². The van der Waals surface area contributed by atoms with E-state index in [-0.39, 0.29) is 11.8 Å². The molecule has 0 heterocycles. The molecule has 0 saturated carbocycles. The van der Waals surface area contributed by atoms with Crippen molar-refractivity contribution in [3.05, 3.63) is 35.4 Å². The molecule has 17 heavy (non-hydrogen) atoms. The van der Waals surface area contributed by atoms with Gasteiger partial charge in [-0.2, -0.15) is 5.26 Å². The molecule has 0 aliphatic carbocycles. The maximum absolute atomic E-state index is 11.4. The average molecular weight is 232 g/mol. The van der Waals surface area contributed by atoms with E-state index >= 15 is 0 Å². The first kappa shape index (κ1) is 13.2. The Hall–Kier alpha value is -1.86. The lowest BCUT2D eigenvalue weighted by Crippen LogP contribution is -2.23. The van der Waals surface area contributed by atoms with Gasteiger partial charge in [0.2, 0.25) is 5.91 Å². The zero-order valence-corrected chi connectivity index (χ0v) is 10.1. The summed E-state index contributed by atoms with van der Waals surface area (Å²) in [4.78, 5) is 16.0. The zero-order valence-electron chi connectivity index (χ0n) is 10.1. The first-order chi connectivity index (χ1) is 8.21. The van der Waals surface area contributed by atoms with Crippen LogP contribution in [-0.4, -0.2) is 13.0 Å². The molecule has 0 aliphatic rings. The minimum atomic E-state index is -0.151. The maximum atomic E-state index is 11.4. The minimum absolute atomic E-state index is 0.110. The van der Waals surface area contributed by atoms with Gasteiger partial charge in [0.25, 0.3) is 0 Å². The second-order valence-corrected chi connectivity index (χ2v) is 3.78. The fourth-order valence-corrected chi connectivity index (χ4v) is 1.74. The third-order valence-electron chi connectivity index (χ3n) is 2.63. The van der Waals surface area contributed by atoms with E-state index in [9.17, 15) is 4.79 Å². The standard InChI is InChI=1S/C13H16N2O2/c1-3-11(8-13(16)15-17-2)12-6-4-5-10(7-12)9-14/h4-7,11H,3,8H2,1-2H3,(H,15,16). The van der Waals surface area contributed by atoms with Gasteiger partial charge in [0, 0.05) is 6.42 Å². The maximum Gasteiger partial charge on any atom is 0.244 e. The molecule has 0 fully saturated rings. The lowest BCUT2D eigenvalue weighted by Gasteiger charge is -2.14.